The molecule has 3 heteroatoms. The molecule has 0 saturated carbocycles. The first-order chi connectivity index (χ1) is 12.4. The van der Waals surface area contributed by atoms with Crippen molar-refractivity contribution in [1.29, 1.82) is 0 Å². The average Bonchev–Trinajstić information content (AvgIpc) is 2.67. The van der Waals surface area contributed by atoms with E-state index >= 15 is 0 Å². The van der Waals surface area contributed by atoms with Crippen LogP contribution in [0.1, 0.15) is 31.3 Å². The predicted molar refractivity (Wildman–Crippen MR) is 117 cm³/mol. The molecular weight excluding hydrogens is 400 g/mol. The third-order valence-corrected chi connectivity index (χ3v) is 10.8. The van der Waals surface area contributed by atoms with E-state index in [1.165, 1.54) is 10.4 Å². The Bertz CT molecular complexity index is 774. The SMILES string of the molecule is CC(C)(C)[Si](OC(Br)c1ccccc1)(c1ccccc1)c1ccccc1. The number of hydrogen-bond acceptors (Lipinski definition) is 1. The summed E-state index contributed by atoms with van der Waals surface area (Å²) in [5.74, 6) is 0. The van der Waals surface area contributed by atoms with Crippen LogP contribution in [0.2, 0.25) is 5.04 Å². The standard InChI is InChI=1S/C23H25BrOSi/c1-23(2,3)26(20-15-9-5-10-16-20,21-17-11-6-12-18-21)25-22(24)19-13-7-4-8-14-19/h4-18,22H,1-3H3. The third-order valence-electron chi connectivity index (χ3n) is 4.76. The summed E-state index contributed by atoms with van der Waals surface area (Å²) in [5, 5.41) is 2.39. The van der Waals surface area contributed by atoms with Crippen LogP contribution >= 0.6 is 15.9 Å². The normalized spacial score (nSPS) is 13.4. The van der Waals surface area contributed by atoms with Crippen molar-refractivity contribution in [2.75, 3.05) is 0 Å². The van der Waals surface area contributed by atoms with Gasteiger partial charge in [0, 0.05) is 0 Å². The molecule has 0 fully saturated rings. The highest BCUT2D eigenvalue weighted by atomic mass is 79.9. The maximum absolute atomic E-state index is 7.02. The molecule has 0 amide bonds. The van der Waals surface area contributed by atoms with Gasteiger partial charge in [0.05, 0.1) is 0 Å². The van der Waals surface area contributed by atoms with Crippen molar-refractivity contribution in [3.8, 4) is 0 Å². The number of alkyl halides is 1. The minimum atomic E-state index is -2.54. The summed E-state index contributed by atoms with van der Waals surface area (Å²) in [6, 6.07) is 31.8. The van der Waals surface area contributed by atoms with Crippen molar-refractivity contribution < 1.29 is 4.43 Å². The molecule has 0 aliphatic heterocycles. The van der Waals surface area contributed by atoms with Gasteiger partial charge in [0.15, 0.2) is 0 Å². The van der Waals surface area contributed by atoms with Crippen LogP contribution in [0.4, 0.5) is 0 Å². The monoisotopic (exact) mass is 424 g/mol. The minimum absolute atomic E-state index is 0.0312. The molecule has 0 aliphatic rings. The number of rotatable bonds is 5. The van der Waals surface area contributed by atoms with E-state index in [-0.39, 0.29) is 10.1 Å². The molecule has 26 heavy (non-hydrogen) atoms. The second-order valence-corrected chi connectivity index (χ2v) is 12.6. The van der Waals surface area contributed by atoms with Crippen LogP contribution in [0.15, 0.2) is 91.0 Å². The highest BCUT2D eigenvalue weighted by Gasteiger charge is 2.51. The maximum Gasteiger partial charge on any atom is 0.263 e. The number of halogens is 1. The van der Waals surface area contributed by atoms with Crippen LogP contribution in [0.5, 0.6) is 0 Å². The van der Waals surface area contributed by atoms with E-state index in [2.05, 4.69) is 122 Å². The summed E-state index contributed by atoms with van der Waals surface area (Å²) in [6.07, 6.45) is 0. The Morgan fingerprint density at radius 1 is 0.692 bits per heavy atom. The fourth-order valence-corrected chi connectivity index (χ4v) is 9.13. The lowest BCUT2D eigenvalue weighted by Crippen LogP contribution is -2.66. The van der Waals surface area contributed by atoms with Gasteiger partial charge in [-0.2, -0.15) is 0 Å². The summed E-state index contributed by atoms with van der Waals surface area (Å²) in [6.45, 7) is 6.89. The zero-order valence-electron chi connectivity index (χ0n) is 15.5. The van der Waals surface area contributed by atoms with Gasteiger partial charge >= 0.3 is 0 Å². The van der Waals surface area contributed by atoms with Gasteiger partial charge in [-0.3, -0.25) is 0 Å². The number of benzene rings is 3. The summed E-state index contributed by atoms with van der Waals surface area (Å²) >= 11 is 3.82. The molecule has 3 aromatic rings. The molecule has 0 aromatic heterocycles. The lowest BCUT2D eigenvalue weighted by Gasteiger charge is -2.44. The first kappa shape index (κ1) is 19.1. The molecule has 1 atom stereocenters. The van der Waals surface area contributed by atoms with Crippen molar-refractivity contribution in [3.63, 3.8) is 0 Å². The molecule has 1 nitrogen and oxygen atoms in total. The molecule has 0 radical (unpaired) electrons. The fourth-order valence-electron chi connectivity index (χ4n) is 3.52. The van der Waals surface area contributed by atoms with E-state index in [1.54, 1.807) is 0 Å². The van der Waals surface area contributed by atoms with Crippen LogP contribution in [0.25, 0.3) is 0 Å². The Kier molecular flexibility index (Phi) is 5.81. The molecule has 0 saturated heterocycles. The van der Waals surface area contributed by atoms with Gasteiger partial charge in [0.2, 0.25) is 0 Å². The Morgan fingerprint density at radius 2 is 1.08 bits per heavy atom. The van der Waals surface area contributed by atoms with E-state index in [0.717, 1.165) is 5.56 Å². The van der Waals surface area contributed by atoms with Crippen LogP contribution in [0.3, 0.4) is 0 Å². The quantitative estimate of drug-likeness (QED) is 0.379. The summed E-state index contributed by atoms with van der Waals surface area (Å²) in [5.41, 5.74) is 1.14. The van der Waals surface area contributed by atoms with Crippen molar-refractivity contribution >= 4 is 34.6 Å². The lowest BCUT2D eigenvalue weighted by atomic mass is 10.2. The van der Waals surface area contributed by atoms with E-state index in [4.69, 9.17) is 4.43 Å². The first-order valence-corrected chi connectivity index (χ1v) is 11.8. The largest absolute Gasteiger partial charge is 0.391 e. The highest BCUT2D eigenvalue weighted by molar-refractivity contribution is 9.09. The van der Waals surface area contributed by atoms with E-state index in [1.807, 2.05) is 6.07 Å². The summed E-state index contributed by atoms with van der Waals surface area (Å²) in [4.78, 5) is 0. The topological polar surface area (TPSA) is 9.23 Å². The highest BCUT2D eigenvalue weighted by Crippen LogP contribution is 2.41. The Hall–Kier alpha value is -1.68. The second-order valence-electron chi connectivity index (χ2n) is 7.51. The predicted octanol–water partition coefficient (Wildman–Crippen LogP) is 5.66. The van der Waals surface area contributed by atoms with Crippen LogP contribution in [0, 0.1) is 0 Å². The second kappa shape index (κ2) is 7.91. The molecule has 0 N–H and O–H groups in total. The molecule has 3 rings (SSSR count). The zero-order chi connectivity index (χ0) is 18.6. The number of hydrogen-bond donors (Lipinski definition) is 0. The van der Waals surface area contributed by atoms with Gasteiger partial charge in [-0.25, -0.2) is 0 Å². The van der Waals surface area contributed by atoms with Gasteiger partial charge in [-0.05, 0) is 21.0 Å². The smallest absolute Gasteiger partial charge is 0.263 e. The van der Waals surface area contributed by atoms with Crippen LogP contribution in [-0.4, -0.2) is 8.32 Å². The van der Waals surface area contributed by atoms with E-state index < -0.39 is 8.32 Å². The molecule has 0 aliphatic carbocycles. The Morgan fingerprint density at radius 3 is 1.46 bits per heavy atom. The van der Waals surface area contributed by atoms with Gasteiger partial charge < -0.3 is 4.43 Å². The maximum atomic E-state index is 7.02. The van der Waals surface area contributed by atoms with Gasteiger partial charge in [-0.15, -0.1) is 0 Å². The van der Waals surface area contributed by atoms with E-state index in [9.17, 15) is 0 Å². The van der Waals surface area contributed by atoms with Crippen molar-refractivity contribution in [2.45, 2.75) is 30.8 Å². The fraction of sp³-hybridized carbons (Fsp3) is 0.217. The van der Waals surface area contributed by atoms with Crippen molar-refractivity contribution in [3.05, 3.63) is 96.6 Å². The van der Waals surface area contributed by atoms with Crippen LogP contribution in [-0.2, 0) is 4.43 Å². The van der Waals surface area contributed by atoms with Gasteiger partial charge in [0.25, 0.3) is 8.32 Å². The Balaban J connectivity index is 2.18. The molecule has 0 heterocycles. The molecule has 3 aromatic carbocycles. The third kappa shape index (κ3) is 3.71. The first-order valence-electron chi connectivity index (χ1n) is 8.93. The van der Waals surface area contributed by atoms with Gasteiger partial charge in [-0.1, -0.05) is 128 Å². The Labute approximate surface area is 166 Å². The molecule has 0 bridgehead atoms. The van der Waals surface area contributed by atoms with Crippen LogP contribution < -0.4 is 10.4 Å². The average molecular weight is 425 g/mol. The minimum Gasteiger partial charge on any atom is -0.391 e. The summed E-state index contributed by atoms with van der Waals surface area (Å²) in [7, 11) is -2.54. The molecule has 134 valence electrons. The van der Waals surface area contributed by atoms with Crippen molar-refractivity contribution in [1.82, 2.24) is 0 Å². The van der Waals surface area contributed by atoms with E-state index in [0.29, 0.717) is 0 Å². The van der Waals surface area contributed by atoms with Crippen molar-refractivity contribution in [2.24, 2.45) is 0 Å². The van der Waals surface area contributed by atoms with Gasteiger partial charge in [0.1, 0.15) is 5.01 Å². The summed E-state index contributed by atoms with van der Waals surface area (Å²) < 4.78 is 7.02. The molecule has 0 spiro atoms. The molecular formula is C23H25BrOSi. The lowest BCUT2D eigenvalue weighted by molar-refractivity contribution is 0.282. The zero-order valence-corrected chi connectivity index (χ0v) is 18.1. The molecule has 1 unspecified atom stereocenters.